The number of allylic oxidation sites excluding steroid dienone is 5. The van der Waals surface area contributed by atoms with Crippen molar-refractivity contribution in [3.05, 3.63) is 170 Å². The number of nitrogens with zero attached hydrogens (tertiary/aromatic N) is 4. The van der Waals surface area contributed by atoms with E-state index in [2.05, 4.69) is 117 Å². The van der Waals surface area contributed by atoms with Crippen molar-refractivity contribution >= 4 is 34.2 Å². The lowest BCUT2D eigenvalue weighted by Crippen LogP contribution is -2.32. The molecule has 0 aliphatic heterocycles. The first-order chi connectivity index (χ1) is 21.8. The van der Waals surface area contributed by atoms with Gasteiger partial charge >= 0.3 is 0 Å². The van der Waals surface area contributed by atoms with Crippen molar-refractivity contribution in [2.75, 3.05) is 4.90 Å². The van der Waals surface area contributed by atoms with E-state index >= 15 is 0 Å². The Morgan fingerprint density at radius 2 is 1.71 bits per heavy atom. The number of fused-ring (bicyclic) bond motifs is 1. The first-order valence-corrected chi connectivity index (χ1v) is 15.3. The Hall–Kier alpha value is -5.22. The van der Waals surface area contributed by atoms with E-state index in [9.17, 15) is 0 Å². The Morgan fingerprint density at radius 3 is 2.31 bits per heavy atom. The number of pyridine rings is 1. The highest BCUT2D eigenvalue weighted by Gasteiger charge is 2.16. The van der Waals surface area contributed by atoms with Gasteiger partial charge in [-0.3, -0.25) is 4.90 Å². The van der Waals surface area contributed by atoms with Gasteiger partial charge < -0.3 is 4.90 Å². The van der Waals surface area contributed by atoms with Crippen LogP contribution in [0, 0.1) is 6.92 Å². The SMILES string of the molecule is C=C/C=C(\C=C)N(/C(C=C)=c1\cc/c(=C/C=C/N(/C(C)=N/C=C(/C)CC)C(C=C)CC=C)c2ccccc12)c1ccc(C)cn1. The summed E-state index contributed by atoms with van der Waals surface area (Å²) in [6.45, 7) is 28.5. The summed E-state index contributed by atoms with van der Waals surface area (Å²) in [6, 6.07) is 16.8. The lowest BCUT2D eigenvalue weighted by Gasteiger charge is -2.27. The molecular formula is C41H46N4. The zero-order valence-electron chi connectivity index (χ0n) is 27.3. The third kappa shape index (κ3) is 8.67. The molecule has 0 fully saturated rings. The monoisotopic (exact) mass is 594 g/mol. The quantitative estimate of drug-likeness (QED) is 0.0808. The van der Waals surface area contributed by atoms with Gasteiger partial charge in [-0.25, -0.2) is 9.98 Å². The summed E-state index contributed by atoms with van der Waals surface area (Å²) < 4.78 is 0. The van der Waals surface area contributed by atoms with Crippen molar-refractivity contribution in [2.45, 2.75) is 46.6 Å². The number of hydrogen-bond donors (Lipinski definition) is 0. The summed E-state index contributed by atoms with van der Waals surface area (Å²) in [5.74, 6) is 1.66. The largest absolute Gasteiger partial charge is 0.330 e. The fourth-order valence-electron chi connectivity index (χ4n) is 4.91. The van der Waals surface area contributed by atoms with Gasteiger partial charge in [0.25, 0.3) is 0 Å². The van der Waals surface area contributed by atoms with E-state index in [1.54, 1.807) is 12.2 Å². The fourth-order valence-corrected chi connectivity index (χ4v) is 4.91. The van der Waals surface area contributed by atoms with E-state index in [1.807, 2.05) is 56.6 Å². The molecule has 0 N–H and O–H groups in total. The van der Waals surface area contributed by atoms with E-state index in [1.165, 1.54) is 5.57 Å². The summed E-state index contributed by atoms with van der Waals surface area (Å²) in [5, 5.41) is 4.34. The summed E-state index contributed by atoms with van der Waals surface area (Å²) in [7, 11) is 0. The van der Waals surface area contributed by atoms with Crippen LogP contribution in [-0.2, 0) is 0 Å². The minimum atomic E-state index is 0.0409. The minimum absolute atomic E-state index is 0.0409. The zero-order chi connectivity index (χ0) is 32.8. The second-order valence-corrected chi connectivity index (χ2v) is 10.6. The number of aromatic nitrogens is 1. The number of anilines is 1. The highest BCUT2D eigenvalue weighted by atomic mass is 15.2. The molecule has 230 valence electrons. The molecule has 0 spiro atoms. The Balaban J connectivity index is 2.26. The van der Waals surface area contributed by atoms with E-state index in [4.69, 9.17) is 9.98 Å². The first-order valence-electron chi connectivity index (χ1n) is 15.3. The van der Waals surface area contributed by atoms with Gasteiger partial charge in [0.2, 0.25) is 0 Å². The lowest BCUT2D eigenvalue weighted by atomic mass is 10.0. The van der Waals surface area contributed by atoms with Crippen LogP contribution in [0.25, 0.3) is 22.5 Å². The van der Waals surface area contributed by atoms with Crippen LogP contribution >= 0.6 is 0 Å². The minimum Gasteiger partial charge on any atom is -0.330 e. The molecule has 3 rings (SSSR count). The predicted octanol–water partition coefficient (Wildman–Crippen LogP) is 9.06. The molecule has 1 heterocycles. The molecule has 0 saturated heterocycles. The van der Waals surface area contributed by atoms with E-state index in [-0.39, 0.29) is 6.04 Å². The van der Waals surface area contributed by atoms with Crippen LogP contribution < -0.4 is 15.3 Å². The highest BCUT2D eigenvalue weighted by molar-refractivity contribution is 5.90. The number of hydrogen-bond acceptors (Lipinski definition) is 3. The van der Waals surface area contributed by atoms with Crippen LogP contribution in [0.2, 0.25) is 0 Å². The number of benzene rings is 2. The molecule has 4 heteroatoms. The number of rotatable bonds is 14. The van der Waals surface area contributed by atoms with Gasteiger partial charge in [-0.15, -0.1) is 13.2 Å². The molecule has 0 bridgehead atoms. The van der Waals surface area contributed by atoms with Gasteiger partial charge in [0.15, 0.2) is 0 Å². The topological polar surface area (TPSA) is 31.7 Å². The zero-order valence-corrected chi connectivity index (χ0v) is 27.3. The highest BCUT2D eigenvalue weighted by Crippen LogP contribution is 2.25. The van der Waals surface area contributed by atoms with Crippen LogP contribution in [0.4, 0.5) is 5.82 Å². The van der Waals surface area contributed by atoms with Crippen molar-refractivity contribution in [3.63, 3.8) is 0 Å². The standard InChI is InChI=1S/C41H46N4/c1-10-19-35(13-4)44(33(9)42-29-31(7)12-3)28-18-21-34-25-26-39(38-23-17-16-22-37(34)38)40(15-6)45(36(14-5)20-11-2)41-27-24-32(8)30-43-41/h10-11,13-18,20-30,35H,1-2,4-6,12,19H2,3,7-9H3/b28-18+,31-29-,34-21-,36-20+,40-39+,42-33+. The maximum Gasteiger partial charge on any atom is 0.137 e. The molecule has 1 aromatic heterocycles. The number of amidine groups is 1. The van der Waals surface area contributed by atoms with Crippen LogP contribution in [0.3, 0.4) is 0 Å². The predicted molar refractivity (Wildman–Crippen MR) is 198 cm³/mol. The molecule has 45 heavy (non-hydrogen) atoms. The molecule has 0 amide bonds. The summed E-state index contributed by atoms with van der Waals surface area (Å²) in [4.78, 5) is 13.7. The van der Waals surface area contributed by atoms with Gasteiger partial charge in [-0.05, 0) is 85.5 Å². The Morgan fingerprint density at radius 1 is 0.956 bits per heavy atom. The molecule has 1 unspecified atom stereocenters. The summed E-state index contributed by atoms with van der Waals surface area (Å²) >= 11 is 0. The van der Waals surface area contributed by atoms with Crippen LogP contribution in [0.5, 0.6) is 0 Å². The van der Waals surface area contributed by atoms with Crippen LogP contribution in [-0.4, -0.2) is 21.8 Å². The summed E-state index contributed by atoms with van der Waals surface area (Å²) in [6.07, 6.45) is 23.0. The molecule has 2 aromatic carbocycles. The number of aliphatic imine (C=N–C) groups is 1. The third-order valence-electron chi connectivity index (χ3n) is 7.51. The normalized spacial score (nSPS) is 14.2. The molecule has 0 aliphatic rings. The van der Waals surface area contributed by atoms with Crippen LogP contribution in [0.1, 0.15) is 39.2 Å². The van der Waals surface area contributed by atoms with Gasteiger partial charge in [0.1, 0.15) is 11.7 Å². The first kappa shape index (κ1) is 34.3. The molecular weight excluding hydrogens is 548 g/mol. The lowest BCUT2D eigenvalue weighted by molar-refractivity contribution is 0.468. The molecule has 3 aromatic rings. The van der Waals surface area contributed by atoms with Gasteiger partial charge in [0, 0.05) is 29.5 Å². The second-order valence-electron chi connectivity index (χ2n) is 10.6. The van der Waals surface area contributed by atoms with Crippen molar-refractivity contribution in [3.8, 4) is 0 Å². The number of aryl methyl sites for hydroxylation is 1. The third-order valence-corrected chi connectivity index (χ3v) is 7.51. The van der Waals surface area contributed by atoms with Gasteiger partial charge in [-0.2, -0.15) is 0 Å². The average Bonchev–Trinajstić information content (AvgIpc) is 3.07. The van der Waals surface area contributed by atoms with Crippen LogP contribution in [0.15, 0.2) is 159 Å². The van der Waals surface area contributed by atoms with E-state index in [0.717, 1.165) is 62.7 Å². The maximum atomic E-state index is 4.74. The van der Waals surface area contributed by atoms with Gasteiger partial charge in [0.05, 0.1) is 11.7 Å². The van der Waals surface area contributed by atoms with E-state index < -0.39 is 0 Å². The molecule has 1 atom stereocenters. The molecule has 0 radical (unpaired) electrons. The Bertz CT molecular complexity index is 1780. The van der Waals surface area contributed by atoms with Crippen molar-refractivity contribution in [2.24, 2.45) is 4.99 Å². The van der Waals surface area contributed by atoms with Gasteiger partial charge in [-0.1, -0.05) is 99.0 Å². The summed E-state index contributed by atoms with van der Waals surface area (Å²) in [5.41, 5.74) is 4.05. The second kappa shape index (κ2) is 17.2. The van der Waals surface area contributed by atoms with Crippen molar-refractivity contribution < 1.29 is 0 Å². The smallest absolute Gasteiger partial charge is 0.137 e. The fraction of sp³-hybridized carbons (Fsp3) is 0.171. The molecule has 0 aliphatic carbocycles. The van der Waals surface area contributed by atoms with E-state index in [0.29, 0.717) is 0 Å². The Labute approximate surface area is 269 Å². The Kier molecular flexibility index (Phi) is 13.1. The average molecular weight is 595 g/mol. The van der Waals surface area contributed by atoms with Crippen molar-refractivity contribution in [1.29, 1.82) is 0 Å². The van der Waals surface area contributed by atoms with Crippen molar-refractivity contribution in [1.82, 2.24) is 9.88 Å². The molecule has 0 saturated carbocycles. The molecule has 4 nitrogen and oxygen atoms in total. The maximum absolute atomic E-state index is 4.74.